The van der Waals surface area contributed by atoms with Crippen LogP contribution in [0.5, 0.6) is 23.0 Å². The molecular formula is C28H26ClNO7. The largest absolute Gasteiger partial charge is 0.507 e. The number of nitrogens with zero attached hydrogens (tertiary/aromatic N) is 1. The van der Waals surface area contributed by atoms with E-state index in [1.165, 1.54) is 32.3 Å². The summed E-state index contributed by atoms with van der Waals surface area (Å²) in [5.41, 5.74) is 1.04. The Labute approximate surface area is 219 Å². The monoisotopic (exact) mass is 523 g/mol. The number of carbonyl (C=O) groups excluding carboxylic acids is 2. The number of aliphatic hydroxyl groups excluding tert-OH is 1. The summed E-state index contributed by atoms with van der Waals surface area (Å²) in [6.07, 6.45) is 0. The number of amides is 1. The minimum Gasteiger partial charge on any atom is -0.507 e. The summed E-state index contributed by atoms with van der Waals surface area (Å²) >= 11 is 6.19. The second-order valence-corrected chi connectivity index (χ2v) is 8.49. The topological polar surface area (TPSA) is 94.5 Å². The number of ether oxygens (including phenoxy) is 4. The number of anilines is 1. The fraction of sp³-hybridized carbons (Fsp3) is 0.214. The van der Waals surface area contributed by atoms with Gasteiger partial charge < -0.3 is 24.1 Å². The molecule has 37 heavy (non-hydrogen) atoms. The third kappa shape index (κ3) is 4.80. The first-order valence-corrected chi connectivity index (χ1v) is 11.8. The van der Waals surface area contributed by atoms with Crippen molar-refractivity contribution in [3.63, 3.8) is 0 Å². The van der Waals surface area contributed by atoms with Gasteiger partial charge in [0.2, 0.25) is 0 Å². The van der Waals surface area contributed by atoms with E-state index in [-0.39, 0.29) is 11.1 Å². The number of Topliss-reactive ketones (excluding diaryl/α,β-unsaturated/α-hetero) is 1. The van der Waals surface area contributed by atoms with Crippen LogP contribution in [-0.4, -0.2) is 44.7 Å². The van der Waals surface area contributed by atoms with Crippen LogP contribution in [0.15, 0.2) is 66.2 Å². The van der Waals surface area contributed by atoms with Crippen molar-refractivity contribution in [1.82, 2.24) is 0 Å². The molecule has 1 aliphatic heterocycles. The van der Waals surface area contributed by atoms with Crippen molar-refractivity contribution in [3.05, 3.63) is 82.4 Å². The van der Waals surface area contributed by atoms with Crippen LogP contribution in [-0.2, 0) is 9.59 Å². The summed E-state index contributed by atoms with van der Waals surface area (Å²) in [6.45, 7) is 2.21. The zero-order chi connectivity index (χ0) is 26.7. The van der Waals surface area contributed by atoms with Crippen molar-refractivity contribution >= 4 is 34.7 Å². The van der Waals surface area contributed by atoms with E-state index in [0.29, 0.717) is 45.9 Å². The quantitative estimate of drug-likeness (QED) is 0.240. The number of aliphatic hydroxyl groups is 1. The van der Waals surface area contributed by atoms with Crippen LogP contribution < -0.4 is 23.8 Å². The number of hydrogen-bond acceptors (Lipinski definition) is 7. The lowest BCUT2D eigenvalue weighted by Crippen LogP contribution is -2.29. The molecule has 0 bridgehead atoms. The fourth-order valence-electron chi connectivity index (χ4n) is 4.30. The Morgan fingerprint density at radius 2 is 1.57 bits per heavy atom. The van der Waals surface area contributed by atoms with Gasteiger partial charge in [-0.15, -0.1) is 0 Å². The van der Waals surface area contributed by atoms with Gasteiger partial charge in [0.25, 0.3) is 11.7 Å². The fourth-order valence-corrected chi connectivity index (χ4v) is 4.47. The highest BCUT2D eigenvalue weighted by Gasteiger charge is 2.47. The molecule has 0 spiro atoms. The SMILES string of the molecule is CCOc1cc(C2/C(=C(\O)c3cc(Cl)ccc3OC)C(=O)C(=O)N2c2ccc(OC)cc2)ccc1OC. The lowest BCUT2D eigenvalue weighted by Gasteiger charge is -2.26. The number of methoxy groups -OCH3 is 3. The van der Waals surface area contributed by atoms with Crippen molar-refractivity contribution in [2.75, 3.05) is 32.8 Å². The van der Waals surface area contributed by atoms with E-state index in [1.54, 1.807) is 54.6 Å². The van der Waals surface area contributed by atoms with Gasteiger partial charge in [-0.1, -0.05) is 17.7 Å². The first-order valence-electron chi connectivity index (χ1n) is 11.4. The second-order valence-electron chi connectivity index (χ2n) is 8.06. The number of benzene rings is 3. The maximum atomic E-state index is 13.5. The van der Waals surface area contributed by atoms with Crippen molar-refractivity contribution in [2.24, 2.45) is 0 Å². The number of rotatable bonds is 8. The standard InChI is InChI=1S/C28H26ClNO7/c1-5-37-23-14-16(6-12-22(23)36-4)25-24(26(31)20-15-17(29)7-13-21(20)35-3)27(32)28(33)30(25)18-8-10-19(34-2)11-9-18/h6-15,25,31H,5H2,1-4H3/b26-24+. The predicted octanol–water partition coefficient (Wildman–Crippen LogP) is 5.39. The highest BCUT2D eigenvalue weighted by Crippen LogP contribution is 2.45. The van der Waals surface area contributed by atoms with Crippen molar-refractivity contribution < 1.29 is 33.6 Å². The normalized spacial score (nSPS) is 16.6. The highest BCUT2D eigenvalue weighted by atomic mass is 35.5. The molecule has 1 unspecified atom stereocenters. The van der Waals surface area contributed by atoms with Gasteiger partial charge in [-0.3, -0.25) is 14.5 Å². The Morgan fingerprint density at radius 3 is 2.19 bits per heavy atom. The Kier molecular flexibility index (Phi) is 7.59. The molecule has 3 aromatic rings. The molecule has 3 aromatic carbocycles. The third-order valence-electron chi connectivity index (χ3n) is 6.01. The van der Waals surface area contributed by atoms with E-state index >= 15 is 0 Å². The molecule has 1 fully saturated rings. The average Bonchev–Trinajstić information content (AvgIpc) is 3.18. The summed E-state index contributed by atoms with van der Waals surface area (Å²) in [5.74, 6) is -0.260. The van der Waals surface area contributed by atoms with Crippen LogP contribution in [0.3, 0.4) is 0 Å². The van der Waals surface area contributed by atoms with Crippen molar-refractivity contribution in [1.29, 1.82) is 0 Å². The molecule has 8 nitrogen and oxygen atoms in total. The lowest BCUT2D eigenvalue weighted by atomic mass is 9.94. The molecule has 1 atom stereocenters. The zero-order valence-corrected chi connectivity index (χ0v) is 21.5. The van der Waals surface area contributed by atoms with Gasteiger partial charge in [-0.05, 0) is 67.1 Å². The molecule has 192 valence electrons. The average molecular weight is 524 g/mol. The van der Waals surface area contributed by atoms with E-state index in [2.05, 4.69) is 0 Å². The van der Waals surface area contributed by atoms with Crippen LogP contribution in [0.1, 0.15) is 24.1 Å². The Bertz CT molecular complexity index is 1370. The van der Waals surface area contributed by atoms with Gasteiger partial charge in [-0.2, -0.15) is 0 Å². The van der Waals surface area contributed by atoms with Gasteiger partial charge in [0.1, 0.15) is 17.3 Å². The van der Waals surface area contributed by atoms with Crippen LogP contribution >= 0.6 is 11.6 Å². The first kappa shape index (κ1) is 25.9. The van der Waals surface area contributed by atoms with Gasteiger partial charge >= 0.3 is 0 Å². The molecular weight excluding hydrogens is 498 g/mol. The third-order valence-corrected chi connectivity index (χ3v) is 6.25. The van der Waals surface area contributed by atoms with E-state index in [9.17, 15) is 14.7 Å². The van der Waals surface area contributed by atoms with Gasteiger partial charge in [-0.25, -0.2) is 0 Å². The molecule has 0 saturated carbocycles. The minimum absolute atomic E-state index is 0.117. The van der Waals surface area contributed by atoms with E-state index in [4.69, 9.17) is 30.5 Å². The number of halogens is 1. The van der Waals surface area contributed by atoms with E-state index in [0.717, 1.165) is 0 Å². The highest BCUT2D eigenvalue weighted by molar-refractivity contribution is 6.51. The van der Waals surface area contributed by atoms with E-state index in [1.807, 2.05) is 6.92 Å². The number of carbonyl (C=O) groups is 2. The molecule has 1 amide bonds. The maximum absolute atomic E-state index is 13.5. The Balaban J connectivity index is 1.99. The maximum Gasteiger partial charge on any atom is 0.300 e. The Hall–Kier alpha value is -4.17. The van der Waals surface area contributed by atoms with Gasteiger partial charge in [0, 0.05) is 10.7 Å². The smallest absolute Gasteiger partial charge is 0.300 e. The molecule has 9 heteroatoms. The predicted molar refractivity (Wildman–Crippen MR) is 140 cm³/mol. The minimum atomic E-state index is -0.984. The summed E-state index contributed by atoms with van der Waals surface area (Å²) in [7, 11) is 4.49. The van der Waals surface area contributed by atoms with Crippen molar-refractivity contribution in [3.8, 4) is 23.0 Å². The summed E-state index contributed by atoms with van der Waals surface area (Å²) < 4.78 is 21.8. The number of hydrogen-bond donors (Lipinski definition) is 1. The van der Waals surface area contributed by atoms with Crippen LogP contribution in [0.25, 0.3) is 5.76 Å². The lowest BCUT2D eigenvalue weighted by molar-refractivity contribution is -0.132. The molecule has 4 rings (SSSR count). The summed E-state index contributed by atoms with van der Waals surface area (Å²) in [4.78, 5) is 28.2. The number of ketones is 1. The van der Waals surface area contributed by atoms with Gasteiger partial charge in [0.05, 0.1) is 45.1 Å². The molecule has 1 saturated heterocycles. The molecule has 1 heterocycles. The zero-order valence-electron chi connectivity index (χ0n) is 20.8. The van der Waals surface area contributed by atoms with Crippen LogP contribution in [0.4, 0.5) is 5.69 Å². The summed E-state index contributed by atoms with van der Waals surface area (Å²) in [5, 5.41) is 11.8. The second kappa shape index (κ2) is 10.8. The Morgan fingerprint density at radius 1 is 0.892 bits per heavy atom. The summed E-state index contributed by atoms with van der Waals surface area (Å²) in [6, 6.07) is 15.5. The van der Waals surface area contributed by atoms with Crippen LogP contribution in [0, 0.1) is 0 Å². The molecule has 0 aromatic heterocycles. The molecule has 1 N–H and O–H groups in total. The van der Waals surface area contributed by atoms with Gasteiger partial charge in [0.15, 0.2) is 11.5 Å². The molecule has 0 radical (unpaired) electrons. The molecule has 0 aliphatic carbocycles. The molecule has 1 aliphatic rings. The first-order chi connectivity index (χ1) is 17.8. The van der Waals surface area contributed by atoms with E-state index < -0.39 is 23.5 Å². The van der Waals surface area contributed by atoms with Crippen LogP contribution in [0.2, 0.25) is 5.02 Å². The van der Waals surface area contributed by atoms with Crippen molar-refractivity contribution in [2.45, 2.75) is 13.0 Å².